The number of carbonyl (C=O) groups is 2. The standard InChI is InChI=1S/C25H30N6O2S/c1-16(18-9-11-19(12-10-18)23-17(2)26-15-34-23)28-24(32)21-8-5-13-30(21)25(33)22-7-4-3-6-20-14-27-29-31(20)22/h9-12,14-16,21-22H,3-8,13H2,1-2H3,(H,28,32). The smallest absolute Gasteiger partial charge is 0.248 e. The third-order valence-corrected chi connectivity index (χ3v) is 7.98. The lowest BCUT2D eigenvalue weighted by Crippen LogP contribution is -2.48. The number of thiazole rings is 1. The van der Waals surface area contributed by atoms with Crippen LogP contribution in [0.2, 0.25) is 0 Å². The van der Waals surface area contributed by atoms with Gasteiger partial charge < -0.3 is 10.2 Å². The van der Waals surface area contributed by atoms with E-state index in [1.807, 2.05) is 19.4 Å². The van der Waals surface area contributed by atoms with Gasteiger partial charge in [-0.15, -0.1) is 16.4 Å². The van der Waals surface area contributed by atoms with Crippen molar-refractivity contribution in [3.8, 4) is 10.4 Å². The molecule has 2 aliphatic rings. The summed E-state index contributed by atoms with van der Waals surface area (Å²) in [6, 6.07) is 7.29. The minimum atomic E-state index is -0.440. The molecule has 1 aromatic carbocycles. The van der Waals surface area contributed by atoms with E-state index in [9.17, 15) is 9.59 Å². The minimum absolute atomic E-state index is 0.0109. The number of rotatable bonds is 5. The molecule has 9 heteroatoms. The van der Waals surface area contributed by atoms with Gasteiger partial charge >= 0.3 is 0 Å². The van der Waals surface area contributed by atoms with E-state index in [0.29, 0.717) is 13.0 Å². The maximum Gasteiger partial charge on any atom is 0.248 e. The Morgan fingerprint density at radius 2 is 1.91 bits per heavy atom. The van der Waals surface area contributed by atoms with Crippen molar-refractivity contribution in [3.63, 3.8) is 0 Å². The molecule has 178 valence electrons. The lowest BCUT2D eigenvalue weighted by atomic mass is 10.0. The average molecular weight is 479 g/mol. The Hall–Kier alpha value is -3.07. The first-order chi connectivity index (χ1) is 16.5. The Kier molecular flexibility index (Phi) is 6.45. The summed E-state index contributed by atoms with van der Waals surface area (Å²) in [5.74, 6) is -0.101. The van der Waals surface area contributed by atoms with Crippen molar-refractivity contribution in [1.82, 2.24) is 30.2 Å². The first kappa shape index (κ1) is 22.7. The van der Waals surface area contributed by atoms with E-state index in [2.05, 4.69) is 44.9 Å². The number of hydrogen-bond donors (Lipinski definition) is 1. The van der Waals surface area contributed by atoms with Crippen LogP contribution in [-0.2, 0) is 16.0 Å². The third kappa shape index (κ3) is 4.36. The number of nitrogens with one attached hydrogen (secondary N) is 1. The maximum absolute atomic E-state index is 13.5. The molecule has 0 radical (unpaired) electrons. The molecule has 4 heterocycles. The van der Waals surface area contributed by atoms with Crippen molar-refractivity contribution in [1.29, 1.82) is 0 Å². The Morgan fingerprint density at radius 1 is 1.12 bits per heavy atom. The predicted octanol–water partition coefficient (Wildman–Crippen LogP) is 3.85. The van der Waals surface area contributed by atoms with Gasteiger partial charge in [-0.3, -0.25) is 9.59 Å². The minimum Gasteiger partial charge on any atom is -0.348 e. The number of likely N-dealkylation sites (tertiary alicyclic amines) is 1. The zero-order valence-corrected chi connectivity index (χ0v) is 20.4. The van der Waals surface area contributed by atoms with Gasteiger partial charge in [-0.25, -0.2) is 9.67 Å². The summed E-state index contributed by atoms with van der Waals surface area (Å²) in [6.07, 6.45) is 6.89. The van der Waals surface area contributed by atoms with Gasteiger partial charge in [-0.2, -0.15) is 0 Å². The van der Waals surface area contributed by atoms with Gasteiger partial charge in [0.1, 0.15) is 12.1 Å². The molecule has 1 N–H and O–H groups in total. The third-order valence-electron chi connectivity index (χ3n) is 7.01. The van der Waals surface area contributed by atoms with Gasteiger partial charge in [0.05, 0.1) is 34.0 Å². The maximum atomic E-state index is 13.5. The molecule has 3 aromatic rings. The van der Waals surface area contributed by atoms with E-state index in [1.165, 1.54) is 0 Å². The van der Waals surface area contributed by atoms with Crippen LogP contribution in [0.5, 0.6) is 0 Å². The van der Waals surface area contributed by atoms with Crippen molar-refractivity contribution in [2.24, 2.45) is 0 Å². The fourth-order valence-corrected chi connectivity index (χ4v) is 5.90. The molecule has 0 aliphatic carbocycles. The van der Waals surface area contributed by atoms with Crippen LogP contribution in [0.15, 0.2) is 36.0 Å². The van der Waals surface area contributed by atoms with Crippen LogP contribution in [0.1, 0.15) is 68.1 Å². The van der Waals surface area contributed by atoms with E-state index >= 15 is 0 Å². The highest BCUT2D eigenvalue weighted by Crippen LogP contribution is 2.30. The van der Waals surface area contributed by atoms with Crippen molar-refractivity contribution in [2.45, 2.75) is 70.5 Å². The van der Waals surface area contributed by atoms with Crippen molar-refractivity contribution >= 4 is 23.2 Å². The van der Waals surface area contributed by atoms with Gasteiger partial charge in [-0.1, -0.05) is 35.9 Å². The van der Waals surface area contributed by atoms with Crippen LogP contribution in [0, 0.1) is 6.92 Å². The Balaban J connectivity index is 1.26. The lowest BCUT2D eigenvalue weighted by Gasteiger charge is -2.29. The number of amides is 2. The van der Waals surface area contributed by atoms with Gasteiger partial charge in [0, 0.05) is 6.54 Å². The highest BCUT2D eigenvalue weighted by atomic mass is 32.1. The SMILES string of the molecule is Cc1ncsc1-c1ccc(C(C)NC(=O)C2CCCN2C(=O)C2CCCCc3cnnn32)cc1. The van der Waals surface area contributed by atoms with E-state index in [-0.39, 0.29) is 23.9 Å². The van der Waals surface area contributed by atoms with E-state index in [0.717, 1.165) is 59.5 Å². The van der Waals surface area contributed by atoms with Crippen LogP contribution in [-0.4, -0.2) is 49.3 Å². The number of hydrogen-bond acceptors (Lipinski definition) is 6. The second-order valence-corrected chi connectivity index (χ2v) is 10.1. The number of benzene rings is 1. The quantitative estimate of drug-likeness (QED) is 0.601. The molecule has 0 bridgehead atoms. The van der Waals surface area contributed by atoms with Crippen molar-refractivity contribution in [2.75, 3.05) is 6.54 Å². The molecule has 0 spiro atoms. The number of aryl methyl sites for hydroxylation is 2. The average Bonchev–Trinajstić information content (AvgIpc) is 3.58. The highest BCUT2D eigenvalue weighted by molar-refractivity contribution is 7.13. The Bertz CT molecular complexity index is 1170. The summed E-state index contributed by atoms with van der Waals surface area (Å²) in [5, 5.41) is 11.4. The van der Waals surface area contributed by atoms with E-state index < -0.39 is 6.04 Å². The van der Waals surface area contributed by atoms with E-state index in [4.69, 9.17) is 0 Å². The number of carbonyl (C=O) groups excluding carboxylic acids is 2. The molecule has 2 aromatic heterocycles. The first-order valence-electron chi connectivity index (χ1n) is 12.0. The summed E-state index contributed by atoms with van der Waals surface area (Å²) < 4.78 is 1.78. The van der Waals surface area contributed by atoms with Crippen LogP contribution in [0.3, 0.4) is 0 Å². The lowest BCUT2D eigenvalue weighted by molar-refractivity contribution is -0.141. The summed E-state index contributed by atoms with van der Waals surface area (Å²) in [6.45, 7) is 4.60. The van der Waals surface area contributed by atoms with Crippen LogP contribution in [0.25, 0.3) is 10.4 Å². The Morgan fingerprint density at radius 3 is 2.68 bits per heavy atom. The van der Waals surface area contributed by atoms with Crippen molar-refractivity contribution in [3.05, 3.63) is 52.9 Å². The topological polar surface area (TPSA) is 93.0 Å². The molecular formula is C25H30N6O2S. The fourth-order valence-electron chi connectivity index (χ4n) is 5.09. The van der Waals surface area contributed by atoms with Gasteiger partial charge in [0.2, 0.25) is 11.8 Å². The number of aromatic nitrogens is 4. The van der Waals surface area contributed by atoms with Gasteiger partial charge in [0.15, 0.2) is 0 Å². The molecule has 0 saturated carbocycles. The molecule has 1 saturated heterocycles. The molecule has 34 heavy (non-hydrogen) atoms. The summed E-state index contributed by atoms with van der Waals surface area (Å²) in [4.78, 5) is 34.0. The zero-order chi connectivity index (χ0) is 23.7. The second-order valence-electron chi connectivity index (χ2n) is 9.24. The molecule has 3 atom stereocenters. The summed E-state index contributed by atoms with van der Waals surface area (Å²) >= 11 is 1.63. The largest absolute Gasteiger partial charge is 0.348 e. The van der Waals surface area contributed by atoms with Crippen molar-refractivity contribution < 1.29 is 9.59 Å². The van der Waals surface area contributed by atoms with Crippen LogP contribution < -0.4 is 5.32 Å². The van der Waals surface area contributed by atoms with Gasteiger partial charge in [0.25, 0.3) is 0 Å². The summed E-state index contributed by atoms with van der Waals surface area (Å²) in [5.41, 5.74) is 6.05. The molecule has 8 nitrogen and oxygen atoms in total. The normalized spacial score (nSPS) is 21.1. The Labute approximate surface area is 203 Å². The molecule has 2 amide bonds. The molecule has 3 unspecified atom stereocenters. The molecule has 5 rings (SSSR count). The molecular weight excluding hydrogens is 448 g/mol. The first-order valence-corrected chi connectivity index (χ1v) is 12.9. The van der Waals surface area contributed by atoms with Crippen LogP contribution in [0.4, 0.5) is 0 Å². The summed E-state index contributed by atoms with van der Waals surface area (Å²) in [7, 11) is 0. The van der Waals surface area contributed by atoms with Crippen LogP contribution >= 0.6 is 11.3 Å². The van der Waals surface area contributed by atoms with E-state index in [1.54, 1.807) is 27.1 Å². The second kappa shape index (κ2) is 9.66. The number of nitrogens with zero attached hydrogens (tertiary/aromatic N) is 5. The van der Waals surface area contributed by atoms with Gasteiger partial charge in [-0.05, 0) is 57.1 Å². The number of fused-ring (bicyclic) bond motifs is 1. The molecule has 2 aliphatic heterocycles. The highest BCUT2D eigenvalue weighted by Gasteiger charge is 2.39. The monoisotopic (exact) mass is 478 g/mol. The molecule has 1 fully saturated rings. The predicted molar refractivity (Wildman–Crippen MR) is 130 cm³/mol. The fraction of sp³-hybridized carbons (Fsp3) is 0.480. The zero-order valence-electron chi connectivity index (χ0n) is 19.6.